The monoisotopic (exact) mass is 300 g/mol. The summed E-state index contributed by atoms with van der Waals surface area (Å²) in [5, 5.41) is 0. The van der Waals surface area contributed by atoms with Crippen LogP contribution in [0.25, 0.3) is 0 Å². The highest BCUT2D eigenvalue weighted by Gasteiger charge is 2.21. The van der Waals surface area contributed by atoms with Crippen LogP contribution in [0.1, 0.15) is 24.2 Å². The van der Waals surface area contributed by atoms with Crippen LogP contribution < -0.4 is 4.74 Å². The molecule has 0 N–H and O–H groups in total. The fourth-order valence-corrected chi connectivity index (χ4v) is 1.63. The van der Waals surface area contributed by atoms with E-state index in [2.05, 4.69) is 20.7 Å². The summed E-state index contributed by atoms with van der Waals surface area (Å²) in [5.41, 5.74) is 0.208. The van der Waals surface area contributed by atoms with Crippen LogP contribution in [0, 0.1) is 0 Å². The van der Waals surface area contributed by atoms with Gasteiger partial charge in [-0.3, -0.25) is 4.79 Å². The third-order valence-electron chi connectivity index (χ3n) is 1.95. The molecular formula is C12H13BrO4. The Morgan fingerprint density at radius 2 is 1.94 bits per heavy atom. The van der Waals surface area contributed by atoms with Crippen molar-refractivity contribution in [3.8, 4) is 5.75 Å². The smallest absolute Gasteiger partial charge is 0.379 e. The molecule has 4 nitrogen and oxygen atoms in total. The van der Waals surface area contributed by atoms with E-state index in [0.29, 0.717) is 16.8 Å². The molecule has 0 heterocycles. The Balaban J connectivity index is 3.05. The van der Waals surface area contributed by atoms with Crippen LogP contribution in [0.5, 0.6) is 5.75 Å². The van der Waals surface area contributed by atoms with Gasteiger partial charge in [0.1, 0.15) is 5.75 Å². The molecule has 1 aromatic rings. The predicted octanol–water partition coefficient (Wildman–Crippen LogP) is 2.59. The molecule has 0 spiro atoms. The number of benzene rings is 1. The van der Waals surface area contributed by atoms with E-state index >= 15 is 0 Å². The first-order chi connectivity index (χ1) is 8.10. The lowest BCUT2D eigenvalue weighted by Crippen LogP contribution is -2.18. The highest BCUT2D eigenvalue weighted by atomic mass is 79.9. The average molecular weight is 301 g/mol. The van der Waals surface area contributed by atoms with Crippen molar-refractivity contribution < 1.29 is 19.1 Å². The summed E-state index contributed by atoms with van der Waals surface area (Å²) < 4.78 is 10.7. The molecule has 92 valence electrons. The lowest BCUT2D eigenvalue weighted by Gasteiger charge is -2.09. The minimum Gasteiger partial charge on any atom is -0.493 e. The van der Waals surface area contributed by atoms with Crippen LogP contribution in [0.2, 0.25) is 0 Å². The molecule has 1 aromatic carbocycles. The van der Waals surface area contributed by atoms with Crippen molar-refractivity contribution in [2.45, 2.75) is 13.8 Å². The molecular weight excluding hydrogens is 288 g/mol. The van der Waals surface area contributed by atoms with Crippen LogP contribution in [-0.4, -0.2) is 25.0 Å². The van der Waals surface area contributed by atoms with E-state index in [0.717, 1.165) is 0 Å². The maximum Gasteiger partial charge on any atom is 0.379 e. The van der Waals surface area contributed by atoms with Crippen molar-refractivity contribution in [2.75, 3.05) is 13.2 Å². The molecule has 0 aromatic heterocycles. The number of esters is 1. The summed E-state index contributed by atoms with van der Waals surface area (Å²) in [5.74, 6) is -1.18. The van der Waals surface area contributed by atoms with Gasteiger partial charge in [-0.25, -0.2) is 4.79 Å². The third-order valence-corrected chi connectivity index (χ3v) is 2.44. The maximum atomic E-state index is 11.8. The second kappa shape index (κ2) is 6.39. The number of hydrogen-bond acceptors (Lipinski definition) is 4. The minimum atomic E-state index is -0.869. The third kappa shape index (κ3) is 3.56. The molecule has 0 bridgehead atoms. The van der Waals surface area contributed by atoms with Gasteiger partial charge in [0, 0.05) is 4.47 Å². The van der Waals surface area contributed by atoms with Gasteiger partial charge in [0.2, 0.25) is 0 Å². The molecule has 17 heavy (non-hydrogen) atoms. The molecule has 0 radical (unpaired) electrons. The van der Waals surface area contributed by atoms with Gasteiger partial charge in [0.05, 0.1) is 18.8 Å². The molecule has 0 saturated carbocycles. The Morgan fingerprint density at radius 1 is 1.24 bits per heavy atom. The molecule has 1 rings (SSSR count). The van der Waals surface area contributed by atoms with Crippen LogP contribution in [0.4, 0.5) is 0 Å². The van der Waals surface area contributed by atoms with E-state index in [1.807, 2.05) is 0 Å². The summed E-state index contributed by atoms with van der Waals surface area (Å²) in [6.45, 7) is 4.05. The van der Waals surface area contributed by atoms with Crippen molar-refractivity contribution in [3.05, 3.63) is 28.2 Å². The quantitative estimate of drug-likeness (QED) is 0.476. The van der Waals surface area contributed by atoms with Gasteiger partial charge < -0.3 is 9.47 Å². The zero-order chi connectivity index (χ0) is 12.8. The zero-order valence-electron chi connectivity index (χ0n) is 9.66. The Bertz CT molecular complexity index is 429. The lowest BCUT2D eigenvalue weighted by atomic mass is 10.1. The number of rotatable bonds is 5. The topological polar surface area (TPSA) is 52.6 Å². The molecule has 0 aliphatic carbocycles. The largest absolute Gasteiger partial charge is 0.493 e. The number of carbonyl (C=O) groups is 2. The van der Waals surface area contributed by atoms with Gasteiger partial charge >= 0.3 is 5.97 Å². The number of Topliss-reactive ketones (excluding diaryl/α,β-unsaturated/α-hetero) is 1. The molecule has 0 saturated heterocycles. The Labute approximate surface area is 108 Å². The first-order valence-corrected chi connectivity index (χ1v) is 6.03. The van der Waals surface area contributed by atoms with Crippen molar-refractivity contribution in [3.63, 3.8) is 0 Å². The summed E-state index contributed by atoms with van der Waals surface area (Å²) in [6, 6.07) is 4.93. The van der Waals surface area contributed by atoms with Gasteiger partial charge in [0.25, 0.3) is 5.78 Å². The van der Waals surface area contributed by atoms with E-state index in [1.165, 1.54) is 0 Å². The second-order valence-electron chi connectivity index (χ2n) is 3.12. The maximum absolute atomic E-state index is 11.8. The Kier molecular flexibility index (Phi) is 5.15. The Morgan fingerprint density at radius 3 is 2.53 bits per heavy atom. The fraction of sp³-hybridized carbons (Fsp3) is 0.333. The first-order valence-electron chi connectivity index (χ1n) is 5.24. The predicted molar refractivity (Wildman–Crippen MR) is 66.3 cm³/mol. The van der Waals surface area contributed by atoms with Crippen molar-refractivity contribution in [2.24, 2.45) is 0 Å². The molecule has 5 heteroatoms. The first kappa shape index (κ1) is 13.7. The standard InChI is InChI=1S/C12H13BrO4/c1-3-16-10-6-5-8(13)7-9(10)11(14)12(15)17-4-2/h5-7H,3-4H2,1-2H3. The number of carbonyl (C=O) groups excluding carboxylic acids is 2. The summed E-state index contributed by atoms with van der Waals surface area (Å²) >= 11 is 3.24. The zero-order valence-corrected chi connectivity index (χ0v) is 11.2. The molecule has 0 atom stereocenters. The summed E-state index contributed by atoms with van der Waals surface area (Å²) in [6.07, 6.45) is 0. The van der Waals surface area contributed by atoms with Crippen LogP contribution in [0.15, 0.2) is 22.7 Å². The van der Waals surface area contributed by atoms with Crippen molar-refractivity contribution in [1.29, 1.82) is 0 Å². The number of hydrogen-bond donors (Lipinski definition) is 0. The summed E-state index contributed by atoms with van der Waals surface area (Å²) in [7, 11) is 0. The molecule has 0 aliphatic heterocycles. The highest BCUT2D eigenvalue weighted by molar-refractivity contribution is 9.10. The van der Waals surface area contributed by atoms with Gasteiger partial charge in [-0.2, -0.15) is 0 Å². The van der Waals surface area contributed by atoms with E-state index in [-0.39, 0.29) is 12.2 Å². The SMILES string of the molecule is CCOC(=O)C(=O)c1cc(Br)ccc1OCC. The van der Waals surface area contributed by atoms with Gasteiger partial charge in [-0.15, -0.1) is 0 Å². The van der Waals surface area contributed by atoms with E-state index in [9.17, 15) is 9.59 Å². The van der Waals surface area contributed by atoms with Crippen molar-refractivity contribution >= 4 is 27.7 Å². The highest BCUT2D eigenvalue weighted by Crippen LogP contribution is 2.24. The molecule has 0 fully saturated rings. The van der Waals surface area contributed by atoms with Crippen LogP contribution >= 0.6 is 15.9 Å². The average Bonchev–Trinajstić information content (AvgIpc) is 2.31. The lowest BCUT2D eigenvalue weighted by molar-refractivity contribution is -0.137. The summed E-state index contributed by atoms with van der Waals surface area (Å²) in [4.78, 5) is 23.2. The van der Waals surface area contributed by atoms with E-state index < -0.39 is 11.8 Å². The minimum absolute atomic E-state index is 0.169. The van der Waals surface area contributed by atoms with Crippen molar-refractivity contribution in [1.82, 2.24) is 0 Å². The van der Waals surface area contributed by atoms with Gasteiger partial charge in [-0.05, 0) is 32.0 Å². The number of ether oxygens (including phenoxy) is 2. The molecule has 0 aliphatic rings. The van der Waals surface area contributed by atoms with Gasteiger partial charge in [-0.1, -0.05) is 15.9 Å². The van der Waals surface area contributed by atoms with E-state index in [4.69, 9.17) is 4.74 Å². The molecule has 0 amide bonds. The fourth-order valence-electron chi connectivity index (χ4n) is 1.27. The van der Waals surface area contributed by atoms with Gasteiger partial charge in [0.15, 0.2) is 0 Å². The number of halogens is 1. The Hall–Kier alpha value is -1.36. The van der Waals surface area contributed by atoms with Crippen LogP contribution in [0.3, 0.4) is 0 Å². The second-order valence-corrected chi connectivity index (χ2v) is 4.04. The molecule has 0 unspecified atom stereocenters. The normalized spacial score (nSPS) is 9.82. The van der Waals surface area contributed by atoms with Crippen LogP contribution in [-0.2, 0) is 9.53 Å². The van der Waals surface area contributed by atoms with E-state index in [1.54, 1.807) is 32.0 Å². The number of ketones is 1.